The lowest BCUT2D eigenvalue weighted by Gasteiger charge is -2.15. The Kier molecular flexibility index (Phi) is 4.74. The second-order valence-corrected chi connectivity index (χ2v) is 5.06. The van der Waals surface area contributed by atoms with E-state index in [9.17, 15) is 4.39 Å². The van der Waals surface area contributed by atoms with Gasteiger partial charge in [-0.15, -0.1) is 0 Å². The predicted molar refractivity (Wildman–Crippen MR) is 79.4 cm³/mol. The first-order chi connectivity index (χ1) is 9.56. The Balaban J connectivity index is 1.90. The molecule has 0 heterocycles. The Hall–Kier alpha value is -1.87. The minimum Gasteiger partial charge on any atom is -0.494 e. The van der Waals surface area contributed by atoms with Gasteiger partial charge in [0, 0.05) is 12.5 Å². The predicted octanol–water partition coefficient (Wildman–Crippen LogP) is 3.91. The molecule has 0 saturated carbocycles. The highest BCUT2D eigenvalue weighted by molar-refractivity contribution is 5.29. The molecule has 2 N–H and O–H groups in total. The molecule has 2 nitrogen and oxygen atoms in total. The van der Waals surface area contributed by atoms with Crippen molar-refractivity contribution < 1.29 is 9.13 Å². The summed E-state index contributed by atoms with van der Waals surface area (Å²) in [5.74, 6) is 0.627. The van der Waals surface area contributed by atoms with Crippen LogP contribution in [0.5, 0.6) is 5.75 Å². The maximum atomic E-state index is 13.1. The average molecular weight is 273 g/mol. The van der Waals surface area contributed by atoms with E-state index in [2.05, 4.69) is 0 Å². The molecule has 0 aliphatic carbocycles. The molecule has 0 amide bonds. The fraction of sp³-hybridized carbons (Fsp3) is 0.294. The van der Waals surface area contributed by atoms with E-state index in [0.29, 0.717) is 13.0 Å². The van der Waals surface area contributed by atoms with Crippen molar-refractivity contribution in [1.29, 1.82) is 0 Å². The summed E-state index contributed by atoms with van der Waals surface area (Å²) < 4.78 is 18.7. The van der Waals surface area contributed by atoms with E-state index in [-0.39, 0.29) is 11.9 Å². The molecule has 0 fully saturated rings. The summed E-state index contributed by atoms with van der Waals surface area (Å²) in [6.45, 7) is 4.45. The van der Waals surface area contributed by atoms with Gasteiger partial charge in [-0.3, -0.25) is 0 Å². The van der Waals surface area contributed by atoms with E-state index in [1.165, 1.54) is 17.7 Å². The van der Waals surface area contributed by atoms with Gasteiger partial charge in [0.25, 0.3) is 0 Å². The minimum atomic E-state index is -0.227. The largest absolute Gasteiger partial charge is 0.494 e. The molecule has 0 aromatic heterocycles. The second kappa shape index (κ2) is 6.53. The van der Waals surface area contributed by atoms with Crippen molar-refractivity contribution in [3.8, 4) is 5.75 Å². The van der Waals surface area contributed by atoms with Gasteiger partial charge in [-0.2, -0.15) is 0 Å². The topological polar surface area (TPSA) is 35.2 Å². The normalized spacial score (nSPS) is 12.2. The molecule has 0 radical (unpaired) electrons. The zero-order chi connectivity index (χ0) is 14.5. The highest BCUT2D eigenvalue weighted by Crippen LogP contribution is 2.20. The van der Waals surface area contributed by atoms with Crippen molar-refractivity contribution in [3.05, 3.63) is 65.0 Å². The summed E-state index contributed by atoms with van der Waals surface area (Å²) in [6.07, 6.45) is 0.695. The van der Waals surface area contributed by atoms with Gasteiger partial charge in [-0.25, -0.2) is 4.39 Å². The van der Waals surface area contributed by atoms with Crippen LogP contribution < -0.4 is 10.5 Å². The van der Waals surface area contributed by atoms with Crippen molar-refractivity contribution in [2.75, 3.05) is 6.61 Å². The molecule has 2 rings (SSSR count). The standard InChI is InChI=1S/C17H20FNO/c1-12-4-3-5-15(10-12)20-9-8-17(19)16-7-6-14(18)11-13(16)2/h3-7,10-11,17H,8-9,19H2,1-2H3. The number of hydrogen-bond acceptors (Lipinski definition) is 2. The lowest BCUT2D eigenvalue weighted by molar-refractivity contribution is 0.298. The van der Waals surface area contributed by atoms with Crippen LogP contribution >= 0.6 is 0 Å². The maximum absolute atomic E-state index is 13.1. The van der Waals surface area contributed by atoms with Gasteiger partial charge < -0.3 is 10.5 Å². The summed E-state index contributed by atoms with van der Waals surface area (Å²) in [5, 5.41) is 0. The molecule has 106 valence electrons. The van der Waals surface area contributed by atoms with Gasteiger partial charge in [0.2, 0.25) is 0 Å². The molecular formula is C17H20FNO. The van der Waals surface area contributed by atoms with Crippen molar-refractivity contribution in [2.24, 2.45) is 5.73 Å². The number of rotatable bonds is 5. The zero-order valence-electron chi connectivity index (χ0n) is 11.9. The number of ether oxygens (including phenoxy) is 1. The van der Waals surface area contributed by atoms with Gasteiger partial charge in [-0.1, -0.05) is 18.2 Å². The Bertz CT molecular complexity index is 583. The summed E-state index contributed by atoms with van der Waals surface area (Å²) >= 11 is 0. The van der Waals surface area contributed by atoms with E-state index in [4.69, 9.17) is 10.5 Å². The molecule has 2 aromatic carbocycles. The fourth-order valence-corrected chi connectivity index (χ4v) is 2.22. The van der Waals surface area contributed by atoms with Crippen LogP contribution in [-0.4, -0.2) is 6.61 Å². The highest BCUT2D eigenvalue weighted by Gasteiger charge is 2.09. The third-order valence-corrected chi connectivity index (χ3v) is 3.32. The van der Waals surface area contributed by atoms with Crippen molar-refractivity contribution in [1.82, 2.24) is 0 Å². The SMILES string of the molecule is Cc1cccc(OCCC(N)c2ccc(F)cc2C)c1. The van der Waals surface area contributed by atoms with Crippen LogP contribution in [0.15, 0.2) is 42.5 Å². The molecular weight excluding hydrogens is 253 g/mol. The Morgan fingerprint density at radius 2 is 1.95 bits per heavy atom. The van der Waals surface area contributed by atoms with Gasteiger partial charge in [0.1, 0.15) is 11.6 Å². The Morgan fingerprint density at radius 1 is 1.15 bits per heavy atom. The maximum Gasteiger partial charge on any atom is 0.123 e. The molecule has 0 bridgehead atoms. The summed E-state index contributed by atoms with van der Waals surface area (Å²) in [7, 11) is 0. The Labute approximate surface area is 119 Å². The van der Waals surface area contributed by atoms with E-state index in [0.717, 1.165) is 16.9 Å². The van der Waals surface area contributed by atoms with Crippen molar-refractivity contribution >= 4 is 0 Å². The fourth-order valence-electron chi connectivity index (χ4n) is 2.22. The van der Waals surface area contributed by atoms with Crippen molar-refractivity contribution in [2.45, 2.75) is 26.3 Å². The van der Waals surface area contributed by atoms with E-state index < -0.39 is 0 Å². The first-order valence-electron chi connectivity index (χ1n) is 6.77. The highest BCUT2D eigenvalue weighted by atomic mass is 19.1. The molecule has 0 spiro atoms. The van der Waals surface area contributed by atoms with E-state index in [1.807, 2.05) is 38.1 Å². The first-order valence-corrected chi connectivity index (χ1v) is 6.77. The molecule has 2 aromatic rings. The number of hydrogen-bond donors (Lipinski definition) is 1. The van der Waals surface area contributed by atoms with E-state index >= 15 is 0 Å². The lowest BCUT2D eigenvalue weighted by Crippen LogP contribution is -2.15. The van der Waals surface area contributed by atoms with Crippen molar-refractivity contribution in [3.63, 3.8) is 0 Å². The van der Waals surface area contributed by atoms with Crippen LogP contribution in [-0.2, 0) is 0 Å². The smallest absolute Gasteiger partial charge is 0.123 e. The third kappa shape index (κ3) is 3.81. The Morgan fingerprint density at radius 3 is 2.65 bits per heavy atom. The first kappa shape index (κ1) is 14.5. The summed E-state index contributed by atoms with van der Waals surface area (Å²) in [5.41, 5.74) is 9.16. The molecule has 1 atom stereocenters. The van der Waals surface area contributed by atoms with Gasteiger partial charge in [0.15, 0.2) is 0 Å². The molecule has 3 heteroatoms. The number of benzene rings is 2. The summed E-state index contributed by atoms with van der Waals surface area (Å²) in [4.78, 5) is 0. The molecule has 1 unspecified atom stereocenters. The third-order valence-electron chi connectivity index (χ3n) is 3.32. The molecule has 0 aliphatic rings. The van der Waals surface area contributed by atoms with Crippen LogP contribution in [0.3, 0.4) is 0 Å². The number of aryl methyl sites for hydroxylation is 2. The molecule has 0 saturated heterocycles. The van der Waals surface area contributed by atoms with Crippen LogP contribution in [0, 0.1) is 19.7 Å². The number of nitrogens with two attached hydrogens (primary N) is 1. The molecule has 0 aliphatic heterocycles. The van der Waals surface area contributed by atoms with E-state index in [1.54, 1.807) is 6.07 Å². The lowest BCUT2D eigenvalue weighted by atomic mass is 10.00. The van der Waals surface area contributed by atoms with Crippen LogP contribution in [0.1, 0.15) is 29.2 Å². The monoisotopic (exact) mass is 273 g/mol. The summed E-state index contributed by atoms with van der Waals surface area (Å²) in [6, 6.07) is 12.5. The zero-order valence-corrected chi connectivity index (χ0v) is 11.9. The quantitative estimate of drug-likeness (QED) is 0.896. The van der Waals surface area contributed by atoms with Crippen LogP contribution in [0.4, 0.5) is 4.39 Å². The average Bonchev–Trinajstić information content (AvgIpc) is 2.38. The van der Waals surface area contributed by atoms with Crippen LogP contribution in [0.25, 0.3) is 0 Å². The van der Waals surface area contributed by atoms with Gasteiger partial charge in [-0.05, 0) is 54.8 Å². The van der Waals surface area contributed by atoms with Gasteiger partial charge >= 0.3 is 0 Å². The van der Waals surface area contributed by atoms with Crippen LogP contribution in [0.2, 0.25) is 0 Å². The van der Waals surface area contributed by atoms with Gasteiger partial charge in [0.05, 0.1) is 6.61 Å². The second-order valence-electron chi connectivity index (χ2n) is 5.06. The number of halogens is 1. The molecule has 20 heavy (non-hydrogen) atoms. The minimum absolute atomic E-state index is 0.139.